The van der Waals surface area contributed by atoms with Crippen molar-refractivity contribution in [2.24, 2.45) is 0 Å². The van der Waals surface area contributed by atoms with Crippen molar-refractivity contribution >= 4 is 5.97 Å². The van der Waals surface area contributed by atoms with E-state index in [0.29, 0.717) is 6.42 Å². The third-order valence-electron chi connectivity index (χ3n) is 3.04. The first-order valence-corrected chi connectivity index (χ1v) is 6.61. The lowest BCUT2D eigenvalue weighted by molar-refractivity contribution is -0.138. The second-order valence-electron chi connectivity index (χ2n) is 6.53. The van der Waals surface area contributed by atoms with Gasteiger partial charge in [-0.2, -0.15) is 0 Å². The van der Waals surface area contributed by atoms with Crippen LogP contribution < -0.4 is 4.74 Å². The summed E-state index contributed by atoms with van der Waals surface area (Å²) in [6.07, 6.45) is 0.605. The second-order valence-corrected chi connectivity index (χ2v) is 6.53. The Bertz CT molecular complexity index is 442. The molecule has 0 saturated heterocycles. The van der Waals surface area contributed by atoms with E-state index in [1.54, 1.807) is 0 Å². The fourth-order valence-corrected chi connectivity index (χ4v) is 1.80. The average Bonchev–Trinajstić information content (AvgIpc) is 2.25. The third kappa shape index (κ3) is 5.33. The number of carboxylic acids is 1. The predicted octanol–water partition coefficient (Wildman–Crippen LogP) is 4.01. The summed E-state index contributed by atoms with van der Waals surface area (Å²) >= 11 is 0. The summed E-state index contributed by atoms with van der Waals surface area (Å²) in [5.74, 6) is 0.00271. The lowest BCUT2D eigenvalue weighted by Crippen LogP contribution is -2.29. The quantitative estimate of drug-likeness (QED) is 0.874. The molecule has 0 aromatic heterocycles. The molecule has 0 heterocycles. The van der Waals surface area contributed by atoms with E-state index in [-0.39, 0.29) is 11.8 Å². The Balaban J connectivity index is 2.79. The van der Waals surface area contributed by atoms with Crippen LogP contribution in [-0.4, -0.2) is 16.7 Å². The van der Waals surface area contributed by atoms with Crippen LogP contribution in [0.1, 0.15) is 53.0 Å². The lowest BCUT2D eigenvalue weighted by atomic mass is 9.87. The van der Waals surface area contributed by atoms with Gasteiger partial charge in [-0.1, -0.05) is 32.9 Å². The SMILES string of the molecule is CC(C)(CCC(=O)O)Oc1cccc(C(C)(C)C)c1. The van der Waals surface area contributed by atoms with E-state index < -0.39 is 11.6 Å². The molecule has 1 aromatic carbocycles. The molecule has 1 rings (SSSR count). The first-order chi connectivity index (χ1) is 8.60. The number of ether oxygens (including phenoxy) is 1. The Morgan fingerprint density at radius 2 is 1.84 bits per heavy atom. The van der Waals surface area contributed by atoms with Crippen molar-refractivity contribution in [2.45, 2.75) is 58.5 Å². The van der Waals surface area contributed by atoms with Gasteiger partial charge in [-0.05, 0) is 43.4 Å². The Labute approximate surface area is 115 Å². The van der Waals surface area contributed by atoms with Crippen LogP contribution >= 0.6 is 0 Å². The minimum Gasteiger partial charge on any atom is -0.488 e. The van der Waals surface area contributed by atoms with E-state index in [9.17, 15) is 4.79 Å². The van der Waals surface area contributed by atoms with Crippen molar-refractivity contribution < 1.29 is 14.6 Å². The van der Waals surface area contributed by atoms with Crippen molar-refractivity contribution in [2.75, 3.05) is 0 Å². The van der Waals surface area contributed by atoms with Gasteiger partial charge in [0.25, 0.3) is 0 Å². The molecular weight excluding hydrogens is 240 g/mol. The van der Waals surface area contributed by atoms with Gasteiger partial charge in [-0.25, -0.2) is 0 Å². The summed E-state index contributed by atoms with van der Waals surface area (Å²) in [6.45, 7) is 10.3. The average molecular weight is 264 g/mol. The van der Waals surface area contributed by atoms with Gasteiger partial charge < -0.3 is 9.84 Å². The smallest absolute Gasteiger partial charge is 0.303 e. The Hall–Kier alpha value is -1.51. The fraction of sp³-hybridized carbons (Fsp3) is 0.562. The zero-order valence-electron chi connectivity index (χ0n) is 12.5. The summed E-state index contributed by atoms with van der Waals surface area (Å²) in [4.78, 5) is 10.6. The molecule has 0 spiro atoms. The van der Waals surface area contributed by atoms with Crippen molar-refractivity contribution in [1.29, 1.82) is 0 Å². The third-order valence-corrected chi connectivity index (χ3v) is 3.04. The monoisotopic (exact) mass is 264 g/mol. The second kappa shape index (κ2) is 5.64. The van der Waals surface area contributed by atoms with Gasteiger partial charge in [0.1, 0.15) is 11.4 Å². The molecule has 0 aliphatic carbocycles. The molecule has 0 aliphatic heterocycles. The number of benzene rings is 1. The van der Waals surface area contributed by atoms with Crippen LogP contribution in [0.5, 0.6) is 5.75 Å². The largest absolute Gasteiger partial charge is 0.488 e. The van der Waals surface area contributed by atoms with E-state index in [4.69, 9.17) is 9.84 Å². The van der Waals surface area contributed by atoms with Gasteiger partial charge in [-0.3, -0.25) is 4.79 Å². The molecule has 0 bridgehead atoms. The fourth-order valence-electron chi connectivity index (χ4n) is 1.80. The Morgan fingerprint density at radius 3 is 2.37 bits per heavy atom. The first kappa shape index (κ1) is 15.5. The molecule has 0 unspecified atom stereocenters. The topological polar surface area (TPSA) is 46.5 Å². The predicted molar refractivity (Wildman–Crippen MR) is 76.7 cm³/mol. The molecule has 1 N–H and O–H groups in total. The maximum absolute atomic E-state index is 10.6. The van der Waals surface area contributed by atoms with Gasteiger partial charge in [-0.15, -0.1) is 0 Å². The highest BCUT2D eigenvalue weighted by Gasteiger charge is 2.22. The van der Waals surface area contributed by atoms with Crippen LogP contribution in [0, 0.1) is 0 Å². The van der Waals surface area contributed by atoms with Gasteiger partial charge in [0.15, 0.2) is 0 Å². The highest BCUT2D eigenvalue weighted by atomic mass is 16.5. The summed E-state index contributed by atoms with van der Waals surface area (Å²) in [7, 11) is 0. The number of aliphatic carboxylic acids is 1. The number of carbonyl (C=O) groups is 1. The Kier molecular flexibility index (Phi) is 4.61. The van der Waals surface area contributed by atoms with E-state index in [0.717, 1.165) is 5.75 Å². The molecule has 0 radical (unpaired) electrons. The molecule has 0 atom stereocenters. The first-order valence-electron chi connectivity index (χ1n) is 6.61. The zero-order valence-corrected chi connectivity index (χ0v) is 12.5. The van der Waals surface area contributed by atoms with Crippen LogP contribution in [-0.2, 0) is 10.2 Å². The molecule has 3 nitrogen and oxygen atoms in total. The standard InChI is InChI=1S/C16H24O3/c1-15(2,3)12-7-6-8-13(11-12)19-16(4,5)10-9-14(17)18/h6-8,11H,9-10H2,1-5H3,(H,17,18). The van der Waals surface area contributed by atoms with Crippen molar-refractivity contribution in [3.8, 4) is 5.75 Å². The maximum Gasteiger partial charge on any atom is 0.303 e. The Morgan fingerprint density at radius 1 is 1.21 bits per heavy atom. The number of hydrogen-bond donors (Lipinski definition) is 1. The van der Waals surface area contributed by atoms with Crippen molar-refractivity contribution in [3.63, 3.8) is 0 Å². The van der Waals surface area contributed by atoms with Gasteiger partial charge in [0.2, 0.25) is 0 Å². The minimum absolute atomic E-state index is 0.0740. The van der Waals surface area contributed by atoms with Gasteiger partial charge in [0, 0.05) is 6.42 Å². The van der Waals surface area contributed by atoms with E-state index in [1.807, 2.05) is 32.0 Å². The van der Waals surface area contributed by atoms with Crippen LogP contribution in [0.25, 0.3) is 0 Å². The van der Waals surface area contributed by atoms with Crippen LogP contribution in [0.2, 0.25) is 0 Å². The van der Waals surface area contributed by atoms with Gasteiger partial charge in [0.05, 0.1) is 0 Å². The summed E-state index contributed by atoms with van der Waals surface area (Å²) in [6, 6.07) is 8.00. The van der Waals surface area contributed by atoms with Gasteiger partial charge >= 0.3 is 5.97 Å². The maximum atomic E-state index is 10.6. The van der Waals surface area contributed by atoms with E-state index in [2.05, 4.69) is 26.8 Å². The zero-order chi connectivity index (χ0) is 14.7. The molecule has 0 amide bonds. The molecular formula is C16H24O3. The van der Waals surface area contributed by atoms with Crippen molar-refractivity contribution in [3.05, 3.63) is 29.8 Å². The van der Waals surface area contributed by atoms with Crippen LogP contribution in [0.3, 0.4) is 0 Å². The highest BCUT2D eigenvalue weighted by molar-refractivity contribution is 5.66. The number of rotatable bonds is 5. The summed E-state index contributed by atoms with van der Waals surface area (Å²) in [5, 5.41) is 8.74. The van der Waals surface area contributed by atoms with E-state index >= 15 is 0 Å². The molecule has 1 aromatic rings. The number of carboxylic acid groups (broad SMARTS) is 1. The van der Waals surface area contributed by atoms with Crippen LogP contribution in [0.4, 0.5) is 0 Å². The minimum atomic E-state index is -0.792. The molecule has 3 heteroatoms. The molecule has 0 aliphatic rings. The molecule has 0 fully saturated rings. The van der Waals surface area contributed by atoms with Crippen molar-refractivity contribution in [1.82, 2.24) is 0 Å². The summed E-state index contributed by atoms with van der Waals surface area (Å²) < 4.78 is 5.92. The molecule has 0 saturated carbocycles. The molecule has 106 valence electrons. The highest BCUT2D eigenvalue weighted by Crippen LogP contribution is 2.28. The normalized spacial score (nSPS) is 12.3. The number of hydrogen-bond acceptors (Lipinski definition) is 2. The lowest BCUT2D eigenvalue weighted by Gasteiger charge is -2.27. The van der Waals surface area contributed by atoms with E-state index in [1.165, 1.54) is 5.56 Å². The van der Waals surface area contributed by atoms with Crippen LogP contribution in [0.15, 0.2) is 24.3 Å². The molecule has 19 heavy (non-hydrogen) atoms. The summed E-state index contributed by atoms with van der Waals surface area (Å²) in [5.41, 5.74) is 0.804.